The van der Waals surface area contributed by atoms with Crippen LogP contribution in [0.5, 0.6) is 5.75 Å². The van der Waals surface area contributed by atoms with Gasteiger partial charge in [-0.2, -0.15) is 10.1 Å². The number of thiocarbonyl (C=S) groups is 1. The number of aromatic hydroxyl groups is 1. The molecule has 22 heavy (non-hydrogen) atoms. The molecule has 110 valence electrons. The summed E-state index contributed by atoms with van der Waals surface area (Å²) in [4.78, 5) is 12.7. The number of phenols is 1. The Bertz CT molecular complexity index is 782. The summed E-state index contributed by atoms with van der Waals surface area (Å²) in [5, 5.41) is 14.9. The molecule has 2 heterocycles. The minimum absolute atomic E-state index is 0.104. The van der Waals surface area contributed by atoms with Crippen LogP contribution in [-0.4, -0.2) is 26.6 Å². The molecule has 0 aliphatic carbocycles. The summed E-state index contributed by atoms with van der Waals surface area (Å²) < 4.78 is 5.45. The number of phenolic OH excluding ortho intramolecular Hbond substituents is 1. The third kappa shape index (κ3) is 2.95. The molecule has 1 aliphatic heterocycles. The molecule has 2 aromatic rings. The summed E-state index contributed by atoms with van der Waals surface area (Å²) in [5.74, 6) is 0.298. The van der Waals surface area contributed by atoms with Crippen molar-refractivity contribution in [2.45, 2.75) is 0 Å². The number of amides is 1. The molecule has 0 bridgehead atoms. The SMILES string of the molecule is O=C1C(=Cc2ccccc2O)SC(=S)N1N=Cc1ccco1. The Kier molecular flexibility index (Phi) is 4.08. The number of carbonyl (C=O) groups is 1. The van der Waals surface area contributed by atoms with Crippen LogP contribution in [0.3, 0.4) is 0 Å². The Morgan fingerprint density at radius 1 is 1.27 bits per heavy atom. The van der Waals surface area contributed by atoms with E-state index < -0.39 is 0 Å². The summed E-state index contributed by atoms with van der Waals surface area (Å²) >= 11 is 6.29. The lowest BCUT2D eigenvalue weighted by molar-refractivity contribution is -0.122. The van der Waals surface area contributed by atoms with Gasteiger partial charge in [-0.25, -0.2) is 0 Å². The predicted octanol–water partition coefficient (Wildman–Crippen LogP) is 3.22. The van der Waals surface area contributed by atoms with Crippen LogP contribution in [0, 0.1) is 0 Å². The van der Waals surface area contributed by atoms with Crippen LogP contribution in [0.15, 0.2) is 57.1 Å². The molecule has 0 radical (unpaired) electrons. The molecule has 0 atom stereocenters. The molecule has 1 amide bonds. The number of nitrogens with zero attached hydrogens (tertiary/aromatic N) is 2. The van der Waals surface area contributed by atoms with E-state index in [9.17, 15) is 9.90 Å². The fraction of sp³-hybridized carbons (Fsp3) is 0. The molecular formula is C15H10N2O3S2. The molecule has 1 saturated heterocycles. The molecule has 0 spiro atoms. The number of thioether (sulfide) groups is 1. The molecule has 0 unspecified atom stereocenters. The lowest BCUT2D eigenvalue weighted by atomic mass is 10.2. The zero-order valence-corrected chi connectivity index (χ0v) is 12.8. The molecule has 1 aliphatic rings. The average Bonchev–Trinajstić information content (AvgIpc) is 3.10. The van der Waals surface area contributed by atoms with Gasteiger partial charge in [0.2, 0.25) is 0 Å². The number of furan rings is 1. The Hall–Kier alpha value is -2.38. The number of hydrazone groups is 1. The van der Waals surface area contributed by atoms with Gasteiger partial charge in [0.05, 0.1) is 17.4 Å². The first-order chi connectivity index (χ1) is 10.6. The van der Waals surface area contributed by atoms with Crippen LogP contribution in [0.4, 0.5) is 0 Å². The first kappa shape index (κ1) is 14.6. The maximum atomic E-state index is 12.3. The highest BCUT2D eigenvalue weighted by Gasteiger charge is 2.32. The molecule has 1 fully saturated rings. The van der Waals surface area contributed by atoms with Gasteiger partial charge in [-0.3, -0.25) is 4.79 Å². The zero-order valence-electron chi connectivity index (χ0n) is 11.2. The summed E-state index contributed by atoms with van der Waals surface area (Å²) in [7, 11) is 0. The lowest BCUT2D eigenvalue weighted by Gasteiger charge is -2.05. The van der Waals surface area contributed by atoms with Crippen molar-refractivity contribution in [2.24, 2.45) is 5.10 Å². The van der Waals surface area contributed by atoms with E-state index in [0.717, 1.165) is 16.8 Å². The second-order valence-corrected chi connectivity index (χ2v) is 5.99. The van der Waals surface area contributed by atoms with E-state index in [1.165, 1.54) is 12.5 Å². The number of para-hydroxylation sites is 1. The van der Waals surface area contributed by atoms with E-state index in [4.69, 9.17) is 16.6 Å². The van der Waals surface area contributed by atoms with Crippen molar-refractivity contribution in [3.63, 3.8) is 0 Å². The van der Waals surface area contributed by atoms with Gasteiger partial charge in [-0.1, -0.05) is 30.0 Å². The number of hydrogen-bond acceptors (Lipinski definition) is 6. The Labute approximate surface area is 135 Å². The van der Waals surface area contributed by atoms with Crippen molar-refractivity contribution in [1.29, 1.82) is 0 Å². The van der Waals surface area contributed by atoms with Crippen molar-refractivity contribution in [3.8, 4) is 5.75 Å². The summed E-state index contributed by atoms with van der Waals surface area (Å²) in [6.45, 7) is 0. The standard InChI is InChI=1S/C15H10N2O3S2/c18-12-6-2-1-4-10(12)8-13-14(19)17(15(21)22-13)16-9-11-5-3-7-20-11/h1-9,18H. The number of benzene rings is 1. The fourth-order valence-corrected chi connectivity index (χ4v) is 2.95. The van der Waals surface area contributed by atoms with Crippen LogP contribution in [0.2, 0.25) is 0 Å². The maximum Gasteiger partial charge on any atom is 0.286 e. The van der Waals surface area contributed by atoms with E-state index in [1.54, 1.807) is 42.5 Å². The average molecular weight is 330 g/mol. The topological polar surface area (TPSA) is 66.0 Å². The summed E-state index contributed by atoms with van der Waals surface area (Å²) in [5.41, 5.74) is 0.554. The predicted molar refractivity (Wildman–Crippen MR) is 89.4 cm³/mol. The quantitative estimate of drug-likeness (QED) is 0.532. The largest absolute Gasteiger partial charge is 0.507 e. The Balaban J connectivity index is 1.84. The van der Waals surface area contributed by atoms with Gasteiger partial charge in [0.15, 0.2) is 4.32 Å². The van der Waals surface area contributed by atoms with Gasteiger partial charge in [-0.15, -0.1) is 0 Å². The number of carbonyl (C=O) groups excluding carboxylic acids is 1. The Morgan fingerprint density at radius 2 is 2.09 bits per heavy atom. The molecule has 0 saturated carbocycles. The van der Waals surface area contributed by atoms with Gasteiger partial charge >= 0.3 is 0 Å². The third-order valence-corrected chi connectivity index (χ3v) is 4.12. The minimum Gasteiger partial charge on any atom is -0.507 e. The molecular weight excluding hydrogens is 320 g/mol. The van der Waals surface area contributed by atoms with E-state index in [1.807, 2.05) is 0 Å². The normalized spacial score (nSPS) is 17.1. The second-order valence-electron chi connectivity index (χ2n) is 4.31. The van der Waals surface area contributed by atoms with Crippen LogP contribution < -0.4 is 0 Å². The lowest BCUT2D eigenvalue weighted by Crippen LogP contribution is -2.22. The first-order valence-corrected chi connectivity index (χ1v) is 7.51. The fourth-order valence-electron chi connectivity index (χ4n) is 1.79. The highest BCUT2D eigenvalue weighted by Crippen LogP contribution is 2.34. The molecule has 1 N–H and O–H groups in total. The van der Waals surface area contributed by atoms with E-state index >= 15 is 0 Å². The van der Waals surface area contributed by atoms with Crippen LogP contribution in [0.25, 0.3) is 6.08 Å². The van der Waals surface area contributed by atoms with Gasteiger partial charge in [0, 0.05) is 5.56 Å². The van der Waals surface area contributed by atoms with Gasteiger partial charge in [0.25, 0.3) is 5.91 Å². The minimum atomic E-state index is -0.332. The van der Waals surface area contributed by atoms with Crippen molar-refractivity contribution in [1.82, 2.24) is 5.01 Å². The maximum absolute atomic E-state index is 12.3. The monoisotopic (exact) mass is 330 g/mol. The summed E-state index contributed by atoms with van der Waals surface area (Å²) in [6, 6.07) is 10.2. The van der Waals surface area contributed by atoms with Crippen LogP contribution in [0.1, 0.15) is 11.3 Å². The van der Waals surface area contributed by atoms with Gasteiger partial charge in [-0.05, 0) is 36.5 Å². The van der Waals surface area contributed by atoms with E-state index in [0.29, 0.717) is 20.5 Å². The van der Waals surface area contributed by atoms with Crippen LogP contribution >= 0.6 is 24.0 Å². The Morgan fingerprint density at radius 3 is 2.82 bits per heavy atom. The summed E-state index contributed by atoms with van der Waals surface area (Å²) in [6.07, 6.45) is 4.54. The third-order valence-electron chi connectivity index (χ3n) is 2.84. The van der Waals surface area contributed by atoms with Gasteiger partial charge in [0.1, 0.15) is 11.5 Å². The number of hydrogen-bond donors (Lipinski definition) is 1. The van der Waals surface area contributed by atoms with Crippen LogP contribution in [-0.2, 0) is 4.79 Å². The molecule has 7 heteroatoms. The first-order valence-electron chi connectivity index (χ1n) is 6.28. The molecule has 1 aromatic heterocycles. The van der Waals surface area contributed by atoms with Gasteiger partial charge < -0.3 is 9.52 Å². The molecule has 5 nitrogen and oxygen atoms in total. The second kappa shape index (κ2) is 6.17. The molecule has 3 rings (SSSR count). The zero-order chi connectivity index (χ0) is 15.5. The van der Waals surface area contributed by atoms with Crippen molar-refractivity contribution >= 4 is 46.5 Å². The number of rotatable bonds is 3. The van der Waals surface area contributed by atoms with E-state index in [-0.39, 0.29) is 11.7 Å². The highest BCUT2D eigenvalue weighted by atomic mass is 32.2. The smallest absolute Gasteiger partial charge is 0.286 e. The van der Waals surface area contributed by atoms with Crippen molar-refractivity contribution < 1.29 is 14.3 Å². The highest BCUT2D eigenvalue weighted by molar-refractivity contribution is 8.26. The van der Waals surface area contributed by atoms with Crippen molar-refractivity contribution in [2.75, 3.05) is 0 Å². The van der Waals surface area contributed by atoms with E-state index in [2.05, 4.69) is 5.10 Å². The molecule has 1 aromatic carbocycles. The van der Waals surface area contributed by atoms with Crippen molar-refractivity contribution in [3.05, 3.63) is 58.9 Å².